The predicted octanol–water partition coefficient (Wildman–Crippen LogP) is 2.02. The summed E-state index contributed by atoms with van der Waals surface area (Å²) in [7, 11) is 0. The van der Waals surface area contributed by atoms with Crippen LogP contribution in [0.2, 0.25) is 0 Å². The Morgan fingerprint density at radius 2 is 2.18 bits per heavy atom. The molecule has 1 amide bonds. The van der Waals surface area contributed by atoms with Crippen molar-refractivity contribution in [2.24, 2.45) is 0 Å². The number of carbonyl (C=O) groups excluding carboxylic acids is 1. The first-order valence-corrected chi connectivity index (χ1v) is 5.76. The molecule has 17 heavy (non-hydrogen) atoms. The van der Waals surface area contributed by atoms with E-state index in [4.69, 9.17) is 0 Å². The molecule has 3 nitrogen and oxygen atoms in total. The number of aliphatic hydroxyl groups excluding tert-OH is 1. The average Bonchev–Trinajstić information content (AvgIpc) is 2.27. The summed E-state index contributed by atoms with van der Waals surface area (Å²) in [6, 6.07) is 4.21. The second kappa shape index (κ2) is 6.35. The molecular weight excluding hydrogens is 221 g/mol. The topological polar surface area (TPSA) is 49.3 Å². The van der Waals surface area contributed by atoms with Crippen molar-refractivity contribution in [3.63, 3.8) is 0 Å². The van der Waals surface area contributed by atoms with Crippen LogP contribution in [-0.4, -0.2) is 23.7 Å². The highest BCUT2D eigenvalue weighted by molar-refractivity contribution is 5.94. The molecule has 1 unspecified atom stereocenters. The van der Waals surface area contributed by atoms with Gasteiger partial charge in [0.05, 0.1) is 6.10 Å². The van der Waals surface area contributed by atoms with E-state index < -0.39 is 11.9 Å². The molecule has 0 aliphatic rings. The lowest BCUT2D eigenvalue weighted by Gasteiger charge is -2.09. The maximum Gasteiger partial charge on any atom is 0.251 e. The molecule has 0 aliphatic carbocycles. The number of carbonyl (C=O) groups is 1. The summed E-state index contributed by atoms with van der Waals surface area (Å²) < 4.78 is 13.1. The zero-order chi connectivity index (χ0) is 12.8. The molecule has 0 aliphatic heterocycles. The number of aliphatic hydroxyl groups is 1. The van der Waals surface area contributed by atoms with E-state index in [0.29, 0.717) is 30.5 Å². The standard InChI is InChI=1S/C13H18FNO2/c1-3-12(16)4-5-15-13(17)10-6-9(2)7-11(14)8-10/h6-8,12,16H,3-5H2,1-2H3,(H,15,17). The second-order valence-electron chi connectivity index (χ2n) is 4.12. The van der Waals surface area contributed by atoms with Crippen LogP contribution in [-0.2, 0) is 0 Å². The largest absolute Gasteiger partial charge is 0.393 e. The predicted molar refractivity (Wildman–Crippen MR) is 64.4 cm³/mol. The minimum Gasteiger partial charge on any atom is -0.393 e. The number of halogens is 1. The first kappa shape index (κ1) is 13.6. The van der Waals surface area contributed by atoms with E-state index in [1.165, 1.54) is 12.1 Å². The summed E-state index contributed by atoms with van der Waals surface area (Å²) in [5.41, 5.74) is 1.03. The van der Waals surface area contributed by atoms with Crippen molar-refractivity contribution in [2.75, 3.05) is 6.54 Å². The van der Waals surface area contributed by atoms with E-state index in [1.54, 1.807) is 13.0 Å². The van der Waals surface area contributed by atoms with Gasteiger partial charge in [-0.3, -0.25) is 4.79 Å². The molecule has 0 saturated carbocycles. The Labute approximate surface area is 101 Å². The molecule has 1 rings (SSSR count). The van der Waals surface area contributed by atoms with E-state index in [1.807, 2.05) is 6.92 Å². The van der Waals surface area contributed by atoms with Gasteiger partial charge in [-0.15, -0.1) is 0 Å². The molecule has 0 aromatic heterocycles. The maximum atomic E-state index is 13.1. The fourth-order valence-electron chi connectivity index (χ4n) is 1.53. The van der Waals surface area contributed by atoms with Crippen molar-refractivity contribution in [3.05, 3.63) is 35.1 Å². The molecule has 4 heteroatoms. The molecule has 0 saturated heterocycles. The summed E-state index contributed by atoms with van der Waals surface area (Å²) in [4.78, 5) is 11.7. The summed E-state index contributed by atoms with van der Waals surface area (Å²) in [5.74, 6) is -0.723. The Hall–Kier alpha value is -1.42. The highest BCUT2D eigenvalue weighted by Crippen LogP contribution is 2.08. The highest BCUT2D eigenvalue weighted by Gasteiger charge is 2.08. The van der Waals surface area contributed by atoms with Gasteiger partial charge in [0.1, 0.15) is 5.82 Å². The van der Waals surface area contributed by atoms with Crippen LogP contribution in [0.3, 0.4) is 0 Å². The van der Waals surface area contributed by atoms with Gasteiger partial charge in [0.15, 0.2) is 0 Å². The molecule has 1 aromatic rings. The summed E-state index contributed by atoms with van der Waals surface area (Å²) in [6.45, 7) is 4.01. The molecule has 0 radical (unpaired) electrons. The number of nitrogens with one attached hydrogen (secondary N) is 1. The Morgan fingerprint density at radius 1 is 1.47 bits per heavy atom. The van der Waals surface area contributed by atoms with Gasteiger partial charge in [-0.25, -0.2) is 4.39 Å². The smallest absolute Gasteiger partial charge is 0.251 e. The third-order valence-electron chi connectivity index (χ3n) is 2.54. The van der Waals surface area contributed by atoms with E-state index in [2.05, 4.69) is 5.32 Å². The van der Waals surface area contributed by atoms with Gasteiger partial charge >= 0.3 is 0 Å². The van der Waals surface area contributed by atoms with Crippen LogP contribution in [0.4, 0.5) is 4.39 Å². The number of hydrogen-bond donors (Lipinski definition) is 2. The number of hydrogen-bond acceptors (Lipinski definition) is 2. The fraction of sp³-hybridized carbons (Fsp3) is 0.462. The van der Waals surface area contributed by atoms with Crippen LogP contribution in [0.5, 0.6) is 0 Å². The lowest BCUT2D eigenvalue weighted by molar-refractivity contribution is 0.0941. The lowest BCUT2D eigenvalue weighted by Crippen LogP contribution is -2.27. The molecule has 94 valence electrons. The van der Waals surface area contributed by atoms with Crippen LogP contribution >= 0.6 is 0 Å². The minimum atomic E-state index is -0.413. The molecular formula is C13H18FNO2. The minimum absolute atomic E-state index is 0.309. The number of amides is 1. The normalized spacial score (nSPS) is 12.2. The molecule has 0 spiro atoms. The zero-order valence-electron chi connectivity index (χ0n) is 10.2. The van der Waals surface area contributed by atoms with Gasteiger partial charge in [-0.05, 0) is 43.5 Å². The first-order chi connectivity index (χ1) is 8.02. The van der Waals surface area contributed by atoms with Crippen LogP contribution in [0.15, 0.2) is 18.2 Å². The number of aryl methyl sites for hydroxylation is 1. The molecule has 0 bridgehead atoms. The third-order valence-corrected chi connectivity index (χ3v) is 2.54. The Bertz CT molecular complexity index is 373. The second-order valence-corrected chi connectivity index (χ2v) is 4.12. The van der Waals surface area contributed by atoms with Crippen molar-refractivity contribution < 1.29 is 14.3 Å². The van der Waals surface area contributed by atoms with Crippen molar-refractivity contribution in [1.29, 1.82) is 0 Å². The van der Waals surface area contributed by atoms with Crippen molar-refractivity contribution >= 4 is 5.91 Å². The highest BCUT2D eigenvalue weighted by atomic mass is 19.1. The summed E-state index contributed by atoms with van der Waals surface area (Å²) in [6.07, 6.45) is 0.774. The molecule has 1 atom stereocenters. The van der Waals surface area contributed by atoms with E-state index in [0.717, 1.165) is 0 Å². The third kappa shape index (κ3) is 4.53. The van der Waals surface area contributed by atoms with Gasteiger partial charge in [0, 0.05) is 12.1 Å². The van der Waals surface area contributed by atoms with Crippen LogP contribution in [0, 0.1) is 12.7 Å². The van der Waals surface area contributed by atoms with Gasteiger partial charge < -0.3 is 10.4 Å². The van der Waals surface area contributed by atoms with Crippen molar-refractivity contribution in [3.8, 4) is 0 Å². The quantitative estimate of drug-likeness (QED) is 0.826. The van der Waals surface area contributed by atoms with E-state index in [9.17, 15) is 14.3 Å². The monoisotopic (exact) mass is 239 g/mol. The van der Waals surface area contributed by atoms with Gasteiger partial charge in [-0.1, -0.05) is 6.92 Å². The molecule has 2 N–H and O–H groups in total. The van der Waals surface area contributed by atoms with Crippen LogP contribution in [0.1, 0.15) is 35.7 Å². The average molecular weight is 239 g/mol. The van der Waals surface area contributed by atoms with E-state index >= 15 is 0 Å². The maximum absolute atomic E-state index is 13.1. The zero-order valence-corrected chi connectivity index (χ0v) is 10.2. The van der Waals surface area contributed by atoms with Crippen LogP contribution < -0.4 is 5.32 Å². The SMILES string of the molecule is CCC(O)CCNC(=O)c1cc(C)cc(F)c1. The van der Waals surface area contributed by atoms with Gasteiger partial charge in [0.25, 0.3) is 5.91 Å². The number of rotatable bonds is 5. The lowest BCUT2D eigenvalue weighted by atomic mass is 10.1. The summed E-state index contributed by atoms with van der Waals surface area (Å²) >= 11 is 0. The summed E-state index contributed by atoms with van der Waals surface area (Å²) in [5, 5.41) is 12.0. The molecule has 0 fully saturated rings. The Kier molecular flexibility index (Phi) is 5.10. The Balaban J connectivity index is 2.52. The van der Waals surface area contributed by atoms with Crippen molar-refractivity contribution in [1.82, 2.24) is 5.32 Å². The van der Waals surface area contributed by atoms with Gasteiger partial charge in [0.2, 0.25) is 0 Å². The van der Waals surface area contributed by atoms with Gasteiger partial charge in [-0.2, -0.15) is 0 Å². The van der Waals surface area contributed by atoms with Crippen LogP contribution in [0.25, 0.3) is 0 Å². The Morgan fingerprint density at radius 3 is 2.76 bits per heavy atom. The fourth-order valence-corrected chi connectivity index (χ4v) is 1.53. The number of benzene rings is 1. The van der Waals surface area contributed by atoms with Crippen molar-refractivity contribution in [2.45, 2.75) is 32.8 Å². The van der Waals surface area contributed by atoms with E-state index in [-0.39, 0.29) is 5.91 Å². The molecule has 1 aromatic carbocycles. The molecule has 0 heterocycles. The first-order valence-electron chi connectivity index (χ1n) is 5.76.